The lowest BCUT2D eigenvalue weighted by Crippen LogP contribution is -2.53. The number of rotatable bonds is 3. The summed E-state index contributed by atoms with van der Waals surface area (Å²) in [4.78, 5) is 27.5. The fourth-order valence-corrected chi connectivity index (χ4v) is 2.81. The third-order valence-electron chi connectivity index (χ3n) is 4.43. The topological polar surface area (TPSA) is 74.0 Å². The van der Waals surface area contributed by atoms with E-state index < -0.39 is 6.04 Å². The molecule has 124 valence electrons. The highest BCUT2D eigenvalue weighted by molar-refractivity contribution is 6.08. The molecule has 2 amide bonds. The molecule has 1 aromatic heterocycles. The van der Waals surface area contributed by atoms with Gasteiger partial charge in [-0.3, -0.25) is 9.59 Å². The van der Waals surface area contributed by atoms with Gasteiger partial charge < -0.3 is 15.6 Å². The summed E-state index contributed by atoms with van der Waals surface area (Å²) in [6.45, 7) is 9.67. The van der Waals surface area contributed by atoms with Crippen LogP contribution < -0.4 is 10.6 Å². The predicted octanol–water partition coefficient (Wildman–Crippen LogP) is 2.61. The number of aromatic amines is 1. The molecule has 1 fully saturated rings. The van der Waals surface area contributed by atoms with Gasteiger partial charge in [-0.2, -0.15) is 0 Å². The monoisotopic (exact) mass is 323 g/mol. The largest absolute Gasteiger partial charge is 0.357 e. The highest BCUT2D eigenvalue weighted by Gasteiger charge is 2.28. The number of nitrogens with one attached hydrogen (secondary N) is 3. The first-order valence-corrected chi connectivity index (χ1v) is 7.91. The Labute approximate surface area is 140 Å². The van der Waals surface area contributed by atoms with Gasteiger partial charge in [-0.1, -0.05) is 38.1 Å². The Morgan fingerprint density at radius 1 is 1.21 bits per heavy atom. The number of H-pyrrole nitrogens is 1. The molecule has 3 N–H and O–H groups in total. The van der Waals surface area contributed by atoms with Crippen molar-refractivity contribution in [2.75, 3.05) is 0 Å². The van der Waals surface area contributed by atoms with Crippen molar-refractivity contribution >= 4 is 28.8 Å². The first-order valence-electron chi connectivity index (χ1n) is 7.91. The van der Waals surface area contributed by atoms with Crippen LogP contribution >= 0.6 is 0 Å². The fourth-order valence-electron chi connectivity index (χ4n) is 2.81. The maximum absolute atomic E-state index is 12.2. The van der Waals surface area contributed by atoms with Crippen LogP contribution in [0.25, 0.3) is 17.0 Å². The third-order valence-corrected chi connectivity index (χ3v) is 4.43. The Balaban J connectivity index is 2.20. The lowest BCUT2D eigenvalue weighted by atomic mass is 9.86. The zero-order valence-corrected chi connectivity index (χ0v) is 14.1. The van der Waals surface area contributed by atoms with Crippen LogP contribution in [0, 0.1) is 0 Å². The Morgan fingerprint density at radius 3 is 2.62 bits per heavy atom. The lowest BCUT2D eigenvalue weighted by molar-refractivity contribution is -0.130. The quantitative estimate of drug-likeness (QED) is 0.600. The standard InChI is InChI=1S/C19H21N3O2/c1-5-19(3,4)16-13(12-8-6-7-9-14(12)21-16)10-15-18(24)20-11(2)17(23)22-15/h5-11,21H,1H2,2-4H3,(H,20,24)(H,22,23)/t11-/m0/s1. The molecule has 1 saturated heterocycles. The molecule has 0 unspecified atom stereocenters. The Morgan fingerprint density at radius 2 is 1.92 bits per heavy atom. The Kier molecular flexibility index (Phi) is 3.79. The van der Waals surface area contributed by atoms with E-state index in [1.807, 2.05) is 44.2 Å². The SMILES string of the molecule is C=CC(C)(C)c1[nH]c2ccccc2c1C=C1NC(=O)[C@H](C)NC1=O. The average Bonchev–Trinajstić information content (AvgIpc) is 2.92. The molecule has 1 aromatic carbocycles. The van der Waals surface area contributed by atoms with Gasteiger partial charge in [0.2, 0.25) is 5.91 Å². The molecular formula is C19H21N3O2. The molecule has 1 aliphatic rings. The molecule has 2 heterocycles. The molecule has 0 saturated carbocycles. The number of fused-ring (bicyclic) bond motifs is 1. The van der Waals surface area contributed by atoms with Crippen molar-refractivity contribution in [1.82, 2.24) is 15.6 Å². The van der Waals surface area contributed by atoms with Gasteiger partial charge in [0.05, 0.1) is 0 Å². The average molecular weight is 323 g/mol. The number of para-hydroxylation sites is 1. The third kappa shape index (κ3) is 2.62. The molecule has 0 spiro atoms. The second kappa shape index (κ2) is 5.67. The Bertz CT molecular complexity index is 874. The van der Waals surface area contributed by atoms with Gasteiger partial charge in [-0.15, -0.1) is 6.58 Å². The van der Waals surface area contributed by atoms with Gasteiger partial charge in [0.25, 0.3) is 5.91 Å². The molecule has 1 atom stereocenters. The zero-order valence-electron chi connectivity index (χ0n) is 14.1. The number of amides is 2. The highest BCUT2D eigenvalue weighted by Crippen LogP contribution is 2.33. The van der Waals surface area contributed by atoms with E-state index in [9.17, 15) is 9.59 Å². The van der Waals surface area contributed by atoms with Crippen molar-refractivity contribution in [3.63, 3.8) is 0 Å². The van der Waals surface area contributed by atoms with Crippen molar-refractivity contribution in [2.24, 2.45) is 0 Å². The minimum atomic E-state index is -0.526. The van der Waals surface area contributed by atoms with E-state index >= 15 is 0 Å². The van der Waals surface area contributed by atoms with Gasteiger partial charge in [0.15, 0.2) is 0 Å². The van der Waals surface area contributed by atoms with E-state index in [1.165, 1.54) is 0 Å². The second-order valence-corrected chi connectivity index (χ2v) is 6.63. The van der Waals surface area contributed by atoms with Crippen LogP contribution in [-0.2, 0) is 15.0 Å². The van der Waals surface area contributed by atoms with Crippen molar-refractivity contribution in [3.8, 4) is 0 Å². The number of aromatic nitrogens is 1. The maximum Gasteiger partial charge on any atom is 0.268 e. The number of piperazine rings is 1. The number of hydrogen-bond donors (Lipinski definition) is 3. The minimum absolute atomic E-state index is 0.217. The molecule has 3 rings (SSSR count). The van der Waals surface area contributed by atoms with Gasteiger partial charge >= 0.3 is 0 Å². The number of hydrogen-bond acceptors (Lipinski definition) is 2. The molecule has 5 heteroatoms. The summed E-state index contributed by atoms with van der Waals surface area (Å²) in [5.41, 5.74) is 2.75. The van der Waals surface area contributed by atoms with E-state index in [2.05, 4.69) is 22.2 Å². The fraction of sp³-hybridized carbons (Fsp3) is 0.263. The number of carbonyl (C=O) groups is 2. The van der Waals surface area contributed by atoms with E-state index in [4.69, 9.17) is 0 Å². The van der Waals surface area contributed by atoms with Crippen molar-refractivity contribution < 1.29 is 9.59 Å². The summed E-state index contributed by atoms with van der Waals surface area (Å²) in [7, 11) is 0. The van der Waals surface area contributed by atoms with Crippen molar-refractivity contribution in [2.45, 2.75) is 32.2 Å². The summed E-state index contributed by atoms with van der Waals surface area (Å²) in [5.74, 6) is -0.500. The van der Waals surface area contributed by atoms with E-state index in [-0.39, 0.29) is 22.9 Å². The summed E-state index contributed by atoms with van der Waals surface area (Å²) in [5, 5.41) is 6.34. The smallest absolute Gasteiger partial charge is 0.268 e. The van der Waals surface area contributed by atoms with Gasteiger partial charge in [0.1, 0.15) is 11.7 Å². The number of allylic oxidation sites excluding steroid dienone is 1. The van der Waals surface area contributed by atoms with Gasteiger partial charge in [-0.25, -0.2) is 0 Å². The van der Waals surface area contributed by atoms with Gasteiger partial charge in [-0.05, 0) is 19.1 Å². The summed E-state index contributed by atoms with van der Waals surface area (Å²) >= 11 is 0. The first kappa shape index (κ1) is 16.1. The highest BCUT2D eigenvalue weighted by atomic mass is 16.2. The van der Waals surface area contributed by atoms with Crippen LogP contribution in [0.15, 0.2) is 42.6 Å². The molecule has 5 nitrogen and oxygen atoms in total. The van der Waals surface area contributed by atoms with E-state index in [0.717, 1.165) is 22.2 Å². The summed E-state index contributed by atoms with van der Waals surface area (Å²) < 4.78 is 0. The summed E-state index contributed by atoms with van der Waals surface area (Å²) in [6, 6.07) is 7.36. The molecular weight excluding hydrogens is 302 g/mol. The maximum atomic E-state index is 12.2. The molecule has 0 radical (unpaired) electrons. The van der Waals surface area contributed by atoms with Crippen LogP contribution in [-0.4, -0.2) is 22.8 Å². The molecule has 24 heavy (non-hydrogen) atoms. The first-order chi connectivity index (χ1) is 11.3. The van der Waals surface area contributed by atoms with Crippen molar-refractivity contribution in [1.29, 1.82) is 0 Å². The normalized spacial score (nSPS) is 20.1. The minimum Gasteiger partial charge on any atom is -0.357 e. The van der Waals surface area contributed by atoms with Gasteiger partial charge in [0, 0.05) is 27.6 Å². The molecule has 0 aliphatic carbocycles. The lowest BCUT2D eigenvalue weighted by Gasteiger charge is -2.23. The number of carbonyl (C=O) groups excluding carboxylic acids is 2. The Hall–Kier alpha value is -2.82. The van der Waals surface area contributed by atoms with Crippen LogP contribution in [0.1, 0.15) is 32.0 Å². The van der Waals surface area contributed by atoms with E-state index in [1.54, 1.807) is 13.0 Å². The second-order valence-electron chi connectivity index (χ2n) is 6.63. The molecule has 0 bridgehead atoms. The molecule has 2 aromatic rings. The van der Waals surface area contributed by atoms with E-state index in [0.29, 0.717) is 0 Å². The number of benzene rings is 1. The predicted molar refractivity (Wildman–Crippen MR) is 95.2 cm³/mol. The van der Waals surface area contributed by atoms with Crippen LogP contribution in [0.5, 0.6) is 0 Å². The molecule has 1 aliphatic heterocycles. The van der Waals surface area contributed by atoms with Crippen LogP contribution in [0.2, 0.25) is 0 Å². The van der Waals surface area contributed by atoms with Crippen LogP contribution in [0.3, 0.4) is 0 Å². The zero-order chi connectivity index (χ0) is 17.5. The summed E-state index contributed by atoms with van der Waals surface area (Å²) in [6.07, 6.45) is 3.60. The van der Waals surface area contributed by atoms with Crippen LogP contribution in [0.4, 0.5) is 0 Å². The van der Waals surface area contributed by atoms with Crippen molar-refractivity contribution in [3.05, 3.63) is 53.9 Å².